The number of hydrogen-bond donors (Lipinski definition) is 1. The summed E-state index contributed by atoms with van der Waals surface area (Å²) in [6.45, 7) is 6.98. The van der Waals surface area contributed by atoms with Crippen LogP contribution >= 0.6 is 11.8 Å². The van der Waals surface area contributed by atoms with Crippen LogP contribution < -0.4 is 5.32 Å². The van der Waals surface area contributed by atoms with Crippen LogP contribution in [0.1, 0.15) is 20.3 Å². The SMILES string of the molecule is CCCNCC1(C)CSC1. The summed E-state index contributed by atoms with van der Waals surface area (Å²) in [5, 5.41) is 3.46. The maximum absolute atomic E-state index is 3.46. The van der Waals surface area contributed by atoms with Gasteiger partial charge in [0, 0.05) is 18.1 Å². The Kier molecular flexibility index (Phi) is 3.05. The van der Waals surface area contributed by atoms with E-state index in [1.807, 2.05) is 0 Å². The molecule has 1 heterocycles. The third kappa shape index (κ3) is 2.17. The second-order valence-corrected chi connectivity index (χ2v) is 4.47. The molecule has 1 nitrogen and oxygen atoms in total. The molecule has 0 aliphatic carbocycles. The van der Waals surface area contributed by atoms with Crippen LogP contribution in [0.2, 0.25) is 0 Å². The van der Waals surface area contributed by atoms with Gasteiger partial charge in [-0.15, -0.1) is 0 Å². The van der Waals surface area contributed by atoms with E-state index in [2.05, 4.69) is 30.9 Å². The summed E-state index contributed by atoms with van der Waals surface area (Å²) < 4.78 is 0. The van der Waals surface area contributed by atoms with Crippen LogP contribution in [0, 0.1) is 5.41 Å². The van der Waals surface area contributed by atoms with Gasteiger partial charge in [0.15, 0.2) is 0 Å². The average molecular weight is 159 g/mol. The van der Waals surface area contributed by atoms with Gasteiger partial charge in [0.1, 0.15) is 0 Å². The summed E-state index contributed by atoms with van der Waals surface area (Å²) in [7, 11) is 0. The van der Waals surface area contributed by atoms with Crippen molar-refractivity contribution in [1.82, 2.24) is 5.32 Å². The molecule has 0 bridgehead atoms. The summed E-state index contributed by atoms with van der Waals surface area (Å²) in [6.07, 6.45) is 1.25. The molecular weight excluding hydrogens is 142 g/mol. The third-order valence-electron chi connectivity index (χ3n) is 1.88. The van der Waals surface area contributed by atoms with E-state index < -0.39 is 0 Å². The summed E-state index contributed by atoms with van der Waals surface area (Å²) in [4.78, 5) is 0. The van der Waals surface area contributed by atoms with Crippen LogP contribution in [-0.4, -0.2) is 24.6 Å². The van der Waals surface area contributed by atoms with E-state index in [9.17, 15) is 0 Å². The molecule has 1 aliphatic heterocycles. The van der Waals surface area contributed by atoms with Gasteiger partial charge in [-0.1, -0.05) is 13.8 Å². The summed E-state index contributed by atoms with van der Waals surface area (Å²) in [5.74, 6) is 2.70. The number of hydrogen-bond acceptors (Lipinski definition) is 2. The molecule has 0 spiro atoms. The molecule has 0 atom stereocenters. The monoisotopic (exact) mass is 159 g/mol. The Balaban J connectivity index is 2.01. The summed E-state index contributed by atoms with van der Waals surface area (Å²) in [5.41, 5.74) is 0.625. The third-order valence-corrected chi connectivity index (χ3v) is 3.68. The van der Waals surface area contributed by atoms with Crippen molar-refractivity contribution in [2.24, 2.45) is 5.41 Å². The lowest BCUT2D eigenvalue weighted by atomic mass is 9.95. The average Bonchev–Trinajstić information content (AvgIpc) is 1.85. The van der Waals surface area contributed by atoms with Gasteiger partial charge in [0.05, 0.1) is 0 Å². The minimum Gasteiger partial charge on any atom is -0.316 e. The number of nitrogens with one attached hydrogen (secondary N) is 1. The van der Waals surface area contributed by atoms with Crippen LogP contribution in [-0.2, 0) is 0 Å². The first-order chi connectivity index (χ1) is 4.77. The molecular formula is C8H17NS. The van der Waals surface area contributed by atoms with E-state index >= 15 is 0 Å². The molecule has 2 heteroatoms. The first-order valence-corrected chi connectivity index (χ1v) is 5.21. The van der Waals surface area contributed by atoms with Crippen molar-refractivity contribution in [3.05, 3.63) is 0 Å². The molecule has 0 aromatic rings. The highest BCUT2D eigenvalue weighted by atomic mass is 32.2. The molecule has 1 rings (SSSR count). The van der Waals surface area contributed by atoms with Gasteiger partial charge in [-0.2, -0.15) is 11.8 Å². The molecule has 0 aromatic heterocycles. The van der Waals surface area contributed by atoms with Crippen molar-refractivity contribution in [2.45, 2.75) is 20.3 Å². The maximum atomic E-state index is 3.46. The standard InChI is InChI=1S/C8H17NS/c1-3-4-9-5-8(2)6-10-7-8/h9H,3-7H2,1-2H3. The van der Waals surface area contributed by atoms with Crippen molar-refractivity contribution in [3.8, 4) is 0 Å². The van der Waals surface area contributed by atoms with Crippen LogP contribution in [0.5, 0.6) is 0 Å². The van der Waals surface area contributed by atoms with Crippen LogP contribution in [0.15, 0.2) is 0 Å². The lowest BCUT2D eigenvalue weighted by Crippen LogP contribution is -2.42. The van der Waals surface area contributed by atoms with Crippen LogP contribution in [0.25, 0.3) is 0 Å². The molecule has 1 aliphatic rings. The van der Waals surface area contributed by atoms with Gasteiger partial charge in [0.25, 0.3) is 0 Å². The molecule has 0 unspecified atom stereocenters. The quantitative estimate of drug-likeness (QED) is 0.627. The van der Waals surface area contributed by atoms with Crippen molar-refractivity contribution in [1.29, 1.82) is 0 Å². The Labute approximate surface area is 68.0 Å². The Morgan fingerprint density at radius 3 is 2.60 bits per heavy atom. The zero-order chi connectivity index (χ0) is 7.45. The topological polar surface area (TPSA) is 12.0 Å². The normalized spacial score (nSPS) is 22.2. The molecule has 1 fully saturated rings. The lowest BCUT2D eigenvalue weighted by molar-refractivity contribution is 0.376. The second kappa shape index (κ2) is 3.63. The predicted molar refractivity (Wildman–Crippen MR) is 48.6 cm³/mol. The summed E-state index contributed by atoms with van der Waals surface area (Å²) in [6, 6.07) is 0. The highest BCUT2D eigenvalue weighted by Crippen LogP contribution is 2.36. The van der Waals surface area contributed by atoms with Crippen molar-refractivity contribution >= 4 is 11.8 Å². The Hall–Kier alpha value is 0.310. The van der Waals surface area contributed by atoms with Crippen molar-refractivity contribution in [2.75, 3.05) is 24.6 Å². The summed E-state index contributed by atoms with van der Waals surface area (Å²) >= 11 is 2.06. The lowest BCUT2D eigenvalue weighted by Gasteiger charge is -2.37. The Bertz CT molecular complexity index is 99.4. The second-order valence-electron chi connectivity index (χ2n) is 3.48. The minimum atomic E-state index is 0.625. The first kappa shape index (κ1) is 8.41. The molecule has 60 valence electrons. The van der Waals surface area contributed by atoms with Gasteiger partial charge >= 0.3 is 0 Å². The zero-order valence-electron chi connectivity index (χ0n) is 6.94. The van der Waals surface area contributed by atoms with Crippen molar-refractivity contribution < 1.29 is 0 Å². The molecule has 1 N–H and O–H groups in total. The van der Waals surface area contributed by atoms with E-state index in [0.717, 1.165) is 0 Å². The van der Waals surface area contributed by atoms with E-state index in [0.29, 0.717) is 5.41 Å². The minimum absolute atomic E-state index is 0.625. The van der Waals surface area contributed by atoms with Gasteiger partial charge in [-0.3, -0.25) is 0 Å². The Morgan fingerprint density at radius 1 is 1.50 bits per heavy atom. The molecule has 0 saturated carbocycles. The fourth-order valence-electron chi connectivity index (χ4n) is 1.12. The van der Waals surface area contributed by atoms with Crippen molar-refractivity contribution in [3.63, 3.8) is 0 Å². The first-order valence-electron chi connectivity index (χ1n) is 4.05. The zero-order valence-corrected chi connectivity index (χ0v) is 7.76. The highest BCUT2D eigenvalue weighted by Gasteiger charge is 2.31. The highest BCUT2D eigenvalue weighted by molar-refractivity contribution is 8.00. The Morgan fingerprint density at radius 2 is 2.20 bits per heavy atom. The van der Waals surface area contributed by atoms with E-state index in [4.69, 9.17) is 0 Å². The largest absolute Gasteiger partial charge is 0.316 e. The van der Waals surface area contributed by atoms with Crippen LogP contribution in [0.4, 0.5) is 0 Å². The fraction of sp³-hybridized carbons (Fsp3) is 1.00. The molecule has 0 radical (unpaired) electrons. The molecule has 10 heavy (non-hydrogen) atoms. The van der Waals surface area contributed by atoms with Crippen LogP contribution in [0.3, 0.4) is 0 Å². The smallest absolute Gasteiger partial charge is 0.00210 e. The van der Waals surface area contributed by atoms with Gasteiger partial charge in [-0.05, 0) is 18.4 Å². The maximum Gasteiger partial charge on any atom is 0.00210 e. The predicted octanol–water partition coefficient (Wildman–Crippen LogP) is 1.74. The number of thioether (sulfide) groups is 1. The fourth-order valence-corrected chi connectivity index (χ4v) is 2.22. The molecule has 0 aromatic carbocycles. The van der Waals surface area contributed by atoms with Gasteiger partial charge < -0.3 is 5.32 Å². The van der Waals surface area contributed by atoms with E-state index in [-0.39, 0.29) is 0 Å². The van der Waals surface area contributed by atoms with E-state index in [1.54, 1.807) is 0 Å². The molecule has 1 saturated heterocycles. The molecule has 0 amide bonds. The van der Waals surface area contributed by atoms with E-state index in [1.165, 1.54) is 31.0 Å². The van der Waals surface area contributed by atoms with Gasteiger partial charge in [-0.25, -0.2) is 0 Å². The number of rotatable bonds is 4. The van der Waals surface area contributed by atoms with Gasteiger partial charge in [0.2, 0.25) is 0 Å².